The van der Waals surface area contributed by atoms with Gasteiger partial charge in [0.1, 0.15) is 18.1 Å². The van der Waals surface area contributed by atoms with Crippen LogP contribution in [-0.2, 0) is 27.3 Å². The summed E-state index contributed by atoms with van der Waals surface area (Å²) in [5.41, 5.74) is 0.695. The predicted octanol–water partition coefficient (Wildman–Crippen LogP) is 2.46. The van der Waals surface area contributed by atoms with Crippen LogP contribution in [0.4, 0.5) is 18.0 Å². The molecular formula is C15H18F3NO5S. The molecule has 1 unspecified atom stereocenters. The minimum Gasteiger partial charge on any atom is -0.616 e. The fourth-order valence-electron chi connectivity index (χ4n) is 1.78. The molecule has 0 aliphatic heterocycles. The van der Waals surface area contributed by atoms with E-state index < -0.39 is 47.6 Å². The van der Waals surface area contributed by atoms with Crippen molar-refractivity contribution < 1.29 is 37.2 Å². The maximum Gasteiger partial charge on any atom is 0.408 e. The Bertz CT molecular complexity index is 556. The van der Waals surface area contributed by atoms with Crippen molar-refractivity contribution in [1.82, 2.24) is 5.32 Å². The summed E-state index contributed by atoms with van der Waals surface area (Å²) in [5, 5.41) is 11.1. The topological polar surface area (TPSA) is 98.7 Å². The van der Waals surface area contributed by atoms with Crippen LogP contribution >= 0.6 is 0 Å². The maximum atomic E-state index is 12.0. The van der Waals surface area contributed by atoms with Gasteiger partial charge in [0.2, 0.25) is 0 Å². The van der Waals surface area contributed by atoms with Crippen molar-refractivity contribution in [2.24, 2.45) is 0 Å². The van der Waals surface area contributed by atoms with Crippen LogP contribution < -0.4 is 5.32 Å². The first-order valence-corrected chi connectivity index (χ1v) is 8.78. The normalized spacial score (nSPS) is 13.8. The van der Waals surface area contributed by atoms with Crippen LogP contribution in [0.15, 0.2) is 30.3 Å². The molecule has 10 heteroatoms. The number of alkyl halides is 3. The van der Waals surface area contributed by atoms with E-state index in [9.17, 15) is 27.3 Å². The van der Waals surface area contributed by atoms with E-state index in [4.69, 9.17) is 9.84 Å². The minimum absolute atomic E-state index is 0.0757. The lowest BCUT2D eigenvalue weighted by Gasteiger charge is -2.17. The van der Waals surface area contributed by atoms with Crippen molar-refractivity contribution in [2.45, 2.75) is 31.7 Å². The van der Waals surface area contributed by atoms with Crippen molar-refractivity contribution in [3.8, 4) is 0 Å². The van der Waals surface area contributed by atoms with Crippen LogP contribution in [-0.4, -0.2) is 45.4 Å². The highest BCUT2D eigenvalue weighted by Crippen LogP contribution is 2.21. The zero-order valence-electron chi connectivity index (χ0n) is 13.1. The molecule has 0 aliphatic rings. The average molecular weight is 381 g/mol. The Hall–Kier alpha value is -1.94. The van der Waals surface area contributed by atoms with Gasteiger partial charge in [-0.2, -0.15) is 13.2 Å². The van der Waals surface area contributed by atoms with Gasteiger partial charge in [0, 0.05) is 12.8 Å². The Morgan fingerprint density at radius 2 is 1.92 bits per heavy atom. The van der Waals surface area contributed by atoms with Gasteiger partial charge in [-0.05, 0) is 5.56 Å². The number of amides is 1. The molecule has 6 nitrogen and oxygen atoms in total. The van der Waals surface area contributed by atoms with Gasteiger partial charge in [0.25, 0.3) is 0 Å². The zero-order chi connectivity index (χ0) is 18.9. The smallest absolute Gasteiger partial charge is 0.408 e. The monoisotopic (exact) mass is 381 g/mol. The lowest BCUT2D eigenvalue weighted by atomic mass is 10.2. The first kappa shape index (κ1) is 21.1. The Morgan fingerprint density at radius 3 is 2.48 bits per heavy atom. The third-order valence-corrected chi connectivity index (χ3v) is 4.44. The van der Waals surface area contributed by atoms with E-state index in [1.807, 2.05) is 5.32 Å². The van der Waals surface area contributed by atoms with E-state index in [2.05, 4.69) is 0 Å². The highest BCUT2D eigenvalue weighted by Gasteiger charge is 2.29. The quantitative estimate of drug-likeness (QED) is 0.640. The van der Waals surface area contributed by atoms with E-state index in [0.717, 1.165) is 0 Å². The fourth-order valence-corrected chi connectivity index (χ4v) is 3.02. The van der Waals surface area contributed by atoms with Gasteiger partial charge < -0.3 is 19.7 Å². The number of aliphatic carboxylic acids is 1. The number of rotatable bonds is 9. The number of hydrogen-bond donors (Lipinski definition) is 2. The van der Waals surface area contributed by atoms with E-state index in [-0.39, 0.29) is 18.8 Å². The number of alkyl carbamates (subject to hydrolysis) is 1. The lowest BCUT2D eigenvalue weighted by molar-refractivity contribution is -0.139. The molecular weight excluding hydrogens is 363 g/mol. The second-order valence-corrected chi connectivity index (χ2v) is 6.75. The third-order valence-electron chi connectivity index (χ3n) is 2.99. The summed E-state index contributed by atoms with van der Waals surface area (Å²) in [4.78, 5) is 22.7. The minimum atomic E-state index is -4.35. The van der Waals surface area contributed by atoms with Crippen LogP contribution in [0.25, 0.3) is 0 Å². The average Bonchev–Trinajstić information content (AvgIpc) is 2.52. The first-order valence-electron chi connectivity index (χ1n) is 7.29. The Kier molecular flexibility index (Phi) is 8.56. The number of nitrogens with one attached hydrogen (secondary N) is 1. The number of carboxylic acid groups (broad SMARTS) is 1. The molecule has 140 valence electrons. The molecule has 0 bridgehead atoms. The van der Waals surface area contributed by atoms with Crippen LogP contribution in [0.2, 0.25) is 0 Å². The molecule has 0 aromatic heterocycles. The summed E-state index contributed by atoms with van der Waals surface area (Å²) < 4.78 is 52.6. The number of carbonyl (C=O) groups is 2. The third kappa shape index (κ3) is 9.82. The van der Waals surface area contributed by atoms with Gasteiger partial charge >= 0.3 is 18.2 Å². The van der Waals surface area contributed by atoms with Crippen molar-refractivity contribution in [1.29, 1.82) is 0 Å². The van der Waals surface area contributed by atoms with E-state index >= 15 is 0 Å². The largest absolute Gasteiger partial charge is 0.616 e. The highest BCUT2D eigenvalue weighted by atomic mass is 32.2. The number of benzene rings is 1. The number of ether oxygens (including phenoxy) is 1. The Balaban J connectivity index is 2.39. The molecule has 2 atom stereocenters. The van der Waals surface area contributed by atoms with Crippen molar-refractivity contribution in [2.75, 3.05) is 11.5 Å². The van der Waals surface area contributed by atoms with Gasteiger partial charge in [-0.3, -0.25) is 0 Å². The molecule has 0 saturated carbocycles. The molecule has 1 amide bonds. The molecule has 2 N–H and O–H groups in total. The summed E-state index contributed by atoms with van der Waals surface area (Å²) in [7, 11) is 0. The standard InChI is InChI=1S/C15H18F3NO5S/c16-15(17,18)7-4-8-25(23)10-12(13(20)21)19-14(22)24-9-11-5-2-1-3-6-11/h1-3,5-6,12H,4,7-10H2,(H,19,22)(H,20,21)/t12-,25?/m1/s1. The Labute approximate surface area is 145 Å². The molecule has 0 aliphatic carbocycles. The van der Waals surface area contributed by atoms with Gasteiger partial charge in [-0.1, -0.05) is 41.5 Å². The lowest BCUT2D eigenvalue weighted by Crippen LogP contribution is -2.45. The van der Waals surface area contributed by atoms with Gasteiger partial charge in [-0.25, -0.2) is 9.59 Å². The predicted molar refractivity (Wildman–Crippen MR) is 84.4 cm³/mol. The molecule has 1 aromatic carbocycles. The summed E-state index contributed by atoms with van der Waals surface area (Å²) >= 11 is -1.81. The van der Waals surface area contributed by atoms with Crippen molar-refractivity contribution in [3.05, 3.63) is 35.9 Å². The summed E-state index contributed by atoms with van der Waals surface area (Å²) in [5.74, 6) is -2.24. The number of halogens is 3. The van der Waals surface area contributed by atoms with Crippen LogP contribution in [0.3, 0.4) is 0 Å². The number of carbonyl (C=O) groups excluding carboxylic acids is 1. The van der Waals surface area contributed by atoms with Crippen LogP contribution in [0.5, 0.6) is 0 Å². The fraction of sp³-hybridized carbons (Fsp3) is 0.467. The number of carboxylic acids is 1. The first-order chi connectivity index (χ1) is 11.7. The molecule has 0 heterocycles. The van der Waals surface area contributed by atoms with E-state index in [0.29, 0.717) is 5.56 Å². The molecule has 0 saturated heterocycles. The van der Waals surface area contributed by atoms with Gasteiger partial charge in [0.15, 0.2) is 6.04 Å². The second-order valence-electron chi connectivity index (χ2n) is 5.13. The summed E-state index contributed by atoms with van der Waals surface area (Å²) in [6.45, 7) is -0.0757. The Morgan fingerprint density at radius 1 is 1.28 bits per heavy atom. The van der Waals surface area contributed by atoms with Crippen molar-refractivity contribution >= 4 is 23.2 Å². The molecule has 0 fully saturated rings. The van der Waals surface area contributed by atoms with Crippen molar-refractivity contribution in [3.63, 3.8) is 0 Å². The van der Waals surface area contributed by atoms with Crippen LogP contribution in [0, 0.1) is 0 Å². The van der Waals surface area contributed by atoms with Gasteiger partial charge in [-0.15, -0.1) is 0 Å². The zero-order valence-corrected chi connectivity index (χ0v) is 13.9. The SMILES string of the molecule is O=C(N[C@H](C[S+]([O-])CCCC(F)(F)F)C(=O)O)OCc1ccccc1. The van der Waals surface area contributed by atoms with Gasteiger partial charge in [0.05, 0.1) is 0 Å². The van der Waals surface area contributed by atoms with Crippen LogP contribution in [0.1, 0.15) is 18.4 Å². The highest BCUT2D eigenvalue weighted by molar-refractivity contribution is 7.91. The molecule has 1 aromatic rings. The molecule has 0 radical (unpaired) electrons. The molecule has 25 heavy (non-hydrogen) atoms. The van der Waals surface area contributed by atoms with E-state index in [1.54, 1.807) is 30.3 Å². The summed E-state index contributed by atoms with van der Waals surface area (Å²) in [6, 6.07) is 7.16. The second kappa shape index (κ2) is 10.1. The molecule has 1 rings (SSSR count). The van der Waals surface area contributed by atoms with E-state index in [1.165, 1.54) is 0 Å². The number of hydrogen-bond acceptors (Lipinski definition) is 4. The molecule has 0 spiro atoms. The summed E-state index contributed by atoms with van der Waals surface area (Å²) in [6.07, 6.45) is -6.83. The maximum absolute atomic E-state index is 12.0.